The number of benzene rings is 7. The van der Waals surface area contributed by atoms with Crippen LogP contribution in [0.25, 0.3) is 88.5 Å². The fourth-order valence-corrected chi connectivity index (χ4v) is 7.39. The van der Waals surface area contributed by atoms with Gasteiger partial charge in [0, 0.05) is 46.0 Å². The van der Waals surface area contributed by atoms with Crippen LogP contribution in [0.15, 0.2) is 182 Å². The lowest BCUT2D eigenvalue weighted by Gasteiger charge is -2.09. The molecular weight excluding hydrogens is 609 g/mol. The Hall–Kier alpha value is -6.78. The molecule has 0 N–H and O–H groups in total. The third kappa shape index (κ3) is 4.61. The van der Waals surface area contributed by atoms with Crippen LogP contribution in [0.2, 0.25) is 0 Å². The molecule has 0 aliphatic heterocycles. The summed E-state index contributed by atoms with van der Waals surface area (Å²) < 4.78 is 4.46. The molecule has 0 amide bonds. The molecule has 4 nitrogen and oxygen atoms in total. The van der Waals surface area contributed by atoms with Gasteiger partial charge in [0.25, 0.3) is 0 Å². The summed E-state index contributed by atoms with van der Waals surface area (Å²) in [5, 5.41) is 6.03. The first-order valence-corrected chi connectivity index (χ1v) is 16.9. The lowest BCUT2D eigenvalue weighted by molar-refractivity contribution is 0.990. The van der Waals surface area contributed by atoms with Crippen LogP contribution in [0, 0.1) is 0 Å². The summed E-state index contributed by atoms with van der Waals surface area (Å²) in [6.07, 6.45) is 6.01. The topological polar surface area (TPSA) is 35.6 Å². The molecule has 0 aliphatic rings. The lowest BCUT2D eigenvalue weighted by atomic mass is 9.99. The quantitative estimate of drug-likeness (QED) is 0.188. The number of nitrogens with zero attached hydrogens (tertiary/aromatic N) is 4. The first-order chi connectivity index (χ1) is 24.8. The van der Waals surface area contributed by atoms with Crippen molar-refractivity contribution in [3.05, 3.63) is 182 Å². The van der Waals surface area contributed by atoms with Crippen molar-refractivity contribution in [1.82, 2.24) is 19.1 Å². The molecule has 50 heavy (non-hydrogen) atoms. The SMILES string of the molecule is c1ccc(-c2ccc(-n3ccc4cc(-c5ccc6c(c5)c5c7ccccc7ccc5n6-c5ncc(-c6ccccc6)cn5)ccc43)cc2)cc1. The number of hydrogen-bond donors (Lipinski definition) is 0. The molecule has 0 fully saturated rings. The van der Waals surface area contributed by atoms with E-state index in [0.717, 1.165) is 27.8 Å². The van der Waals surface area contributed by atoms with Gasteiger partial charge in [0.15, 0.2) is 0 Å². The van der Waals surface area contributed by atoms with Gasteiger partial charge in [0.05, 0.1) is 16.6 Å². The monoisotopic (exact) mass is 638 g/mol. The number of rotatable bonds is 5. The predicted molar refractivity (Wildman–Crippen MR) is 207 cm³/mol. The molecular formula is C46H30N4. The maximum atomic E-state index is 4.89. The zero-order valence-corrected chi connectivity index (χ0v) is 27.1. The van der Waals surface area contributed by atoms with Gasteiger partial charge in [-0.05, 0) is 87.1 Å². The van der Waals surface area contributed by atoms with Crippen molar-refractivity contribution >= 4 is 43.5 Å². The summed E-state index contributed by atoms with van der Waals surface area (Å²) in [4.78, 5) is 9.78. The molecule has 3 aromatic heterocycles. The summed E-state index contributed by atoms with van der Waals surface area (Å²) in [5.74, 6) is 0.660. The van der Waals surface area contributed by atoms with Crippen LogP contribution in [-0.4, -0.2) is 19.1 Å². The third-order valence-corrected chi connectivity index (χ3v) is 9.88. The van der Waals surface area contributed by atoms with Crippen LogP contribution < -0.4 is 0 Å². The van der Waals surface area contributed by atoms with Gasteiger partial charge in [-0.1, -0.05) is 115 Å². The van der Waals surface area contributed by atoms with E-state index in [1.54, 1.807) is 0 Å². The van der Waals surface area contributed by atoms with Crippen LogP contribution in [0.5, 0.6) is 0 Å². The zero-order valence-electron chi connectivity index (χ0n) is 27.1. The van der Waals surface area contributed by atoms with Crippen molar-refractivity contribution in [3.63, 3.8) is 0 Å². The normalized spacial score (nSPS) is 11.6. The van der Waals surface area contributed by atoms with Gasteiger partial charge in [-0.15, -0.1) is 0 Å². The Bertz CT molecular complexity index is 2830. The standard InChI is InChI=1S/C46H30N4/c1-3-9-31(10-4-1)33-15-20-39(21-16-33)49-26-25-37-27-35(18-22-42(37)49)36-19-23-43-41(28-36)45-40-14-8-7-13-34(40)17-24-44(45)50(43)46-47-29-38(30-48-46)32-11-5-2-6-12-32/h1-30H. The minimum atomic E-state index is 0.660. The second-order valence-electron chi connectivity index (χ2n) is 12.8. The summed E-state index contributed by atoms with van der Waals surface area (Å²) in [5.41, 5.74) is 11.4. The second kappa shape index (κ2) is 11.4. The van der Waals surface area contributed by atoms with E-state index in [1.807, 2.05) is 30.6 Å². The van der Waals surface area contributed by atoms with E-state index in [1.165, 1.54) is 54.7 Å². The largest absolute Gasteiger partial charge is 0.317 e. The minimum absolute atomic E-state index is 0.660. The van der Waals surface area contributed by atoms with Crippen molar-refractivity contribution < 1.29 is 0 Å². The van der Waals surface area contributed by atoms with E-state index in [2.05, 4.69) is 161 Å². The van der Waals surface area contributed by atoms with Gasteiger partial charge < -0.3 is 4.57 Å². The van der Waals surface area contributed by atoms with Gasteiger partial charge >= 0.3 is 0 Å². The molecule has 0 saturated heterocycles. The van der Waals surface area contributed by atoms with Crippen LogP contribution >= 0.6 is 0 Å². The molecule has 10 aromatic rings. The number of aromatic nitrogens is 4. The highest BCUT2D eigenvalue weighted by Crippen LogP contribution is 2.39. The Labute approximate surface area is 289 Å². The minimum Gasteiger partial charge on any atom is -0.317 e. The fraction of sp³-hybridized carbons (Fsp3) is 0. The van der Waals surface area contributed by atoms with Crippen molar-refractivity contribution in [2.24, 2.45) is 0 Å². The molecule has 0 bridgehead atoms. The molecule has 3 heterocycles. The smallest absolute Gasteiger partial charge is 0.234 e. The molecule has 0 atom stereocenters. The summed E-state index contributed by atoms with van der Waals surface area (Å²) >= 11 is 0. The van der Waals surface area contributed by atoms with Gasteiger partial charge in [-0.3, -0.25) is 4.57 Å². The van der Waals surface area contributed by atoms with Gasteiger partial charge in [-0.25, -0.2) is 9.97 Å². The zero-order chi connectivity index (χ0) is 33.0. The highest BCUT2D eigenvalue weighted by atomic mass is 15.1. The summed E-state index contributed by atoms with van der Waals surface area (Å²) in [6.45, 7) is 0. The Balaban J connectivity index is 1.08. The third-order valence-electron chi connectivity index (χ3n) is 9.88. The molecule has 0 unspecified atom stereocenters. The summed E-state index contributed by atoms with van der Waals surface area (Å²) in [6, 6.07) is 58.3. The molecule has 10 rings (SSSR count). The van der Waals surface area contributed by atoms with E-state index in [0.29, 0.717) is 5.95 Å². The highest BCUT2D eigenvalue weighted by Gasteiger charge is 2.18. The molecule has 0 radical (unpaired) electrons. The van der Waals surface area contributed by atoms with Crippen molar-refractivity contribution in [2.45, 2.75) is 0 Å². The van der Waals surface area contributed by atoms with E-state index in [4.69, 9.17) is 9.97 Å². The number of hydrogen-bond acceptors (Lipinski definition) is 2. The average Bonchev–Trinajstić information content (AvgIpc) is 3.77. The molecule has 7 aromatic carbocycles. The van der Waals surface area contributed by atoms with E-state index in [9.17, 15) is 0 Å². The molecule has 234 valence electrons. The fourth-order valence-electron chi connectivity index (χ4n) is 7.39. The van der Waals surface area contributed by atoms with E-state index < -0.39 is 0 Å². The highest BCUT2D eigenvalue weighted by molar-refractivity contribution is 6.21. The Morgan fingerprint density at radius 1 is 0.380 bits per heavy atom. The van der Waals surface area contributed by atoms with Gasteiger partial charge in [-0.2, -0.15) is 0 Å². The Morgan fingerprint density at radius 2 is 0.980 bits per heavy atom. The predicted octanol–water partition coefficient (Wildman–Crippen LogP) is 11.7. The first kappa shape index (κ1) is 28.3. The van der Waals surface area contributed by atoms with Crippen LogP contribution in [0.3, 0.4) is 0 Å². The van der Waals surface area contributed by atoms with Crippen LogP contribution in [0.4, 0.5) is 0 Å². The molecule has 0 aliphatic carbocycles. The van der Waals surface area contributed by atoms with Gasteiger partial charge in [0.1, 0.15) is 0 Å². The van der Waals surface area contributed by atoms with Crippen LogP contribution in [-0.2, 0) is 0 Å². The van der Waals surface area contributed by atoms with Crippen molar-refractivity contribution in [1.29, 1.82) is 0 Å². The van der Waals surface area contributed by atoms with E-state index in [-0.39, 0.29) is 0 Å². The van der Waals surface area contributed by atoms with Gasteiger partial charge in [0.2, 0.25) is 5.95 Å². The molecule has 4 heteroatoms. The van der Waals surface area contributed by atoms with E-state index >= 15 is 0 Å². The maximum Gasteiger partial charge on any atom is 0.234 e. The summed E-state index contributed by atoms with van der Waals surface area (Å²) in [7, 11) is 0. The lowest BCUT2D eigenvalue weighted by Crippen LogP contribution is -2.00. The van der Waals surface area contributed by atoms with Crippen molar-refractivity contribution in [2.75, 3.05) is 0 Å². The Morgan fingerprint density at radius 3 is 1.74 bits per heavy atom. The average molecular weight is 639 g/mol. The molecule has 0 spiro atoms. The molecule has 0 saturated carbocycles. The maximum absolute atomic E-state index is 4.89. The number of fused-ring (bicyclic) bond motifs is 6. The first-order valence-electron chi connectivity index (χ1n) is 16.9. The van der Waals surface area contributed by atoms with Crippen molar-refractivity contribution in [3.8, 4) is 45.0 Å². The van der Waals surface area contributed by atoms with Crippen LogP contribution in [0.1, 0.15) is 0 Å². The second-order valence-corrected chi connectivity index (χ2v) is 12.8. The Kier molecular flexibility index (Phi) is 6.46.